The average Bonchev–Trinajstić information content (AvgIpc) is 2.68. The fourth-order valence-corrected chi connectivity index (χ4v) is 3.48. The second kappa shape index (κ2) is 8.50. The van der Waals surface area contributed by atoms with Crippen molar-refractivity contribution in [1.82, 2.24) is 0 Å². The molecule has 0 amide bonds. The van der Waals surface area contributed by atoms with Crippen LogP contribution in [0, 0.1) is 6.92 Å². The molecule has 1 atom stereocenters. The molecule has 0 saturated carbocycles. The monoisotopic (exact) mass is 384 g/mol. The predicted octanol–water partition coefficient (Wildman–Crippen LogP) is 4.37. The molecule has 2 aromatic carbocycles. The van der Waals surface area contributed by atoms with Gasteiger partial charge in [0, 0.05) is 30.1 Å². The van der Waals surface area contributed by atoms with Gasteiger partial charge in [0.25, 0.3) is 0 Å². The van der Waals surface area contributed by atoms with Crippen molar-refractivity contribution in [1.29, 1.82) is 0 Å². The fourth-order valence-electron chi connectivity index (χ4n) is 3.48. The summed E-state index contributed by atoms with van der Waals surface area (Å²) in [5.41, 5.74) is 2.03. The van der Waals surface area contributed by atoms with Crippen LogP contribution in [0.15, 0.2) is 30.3 Å². The molecule has 6 nitrogen and oxygen atoms in total. The van der Waals surface area contributed by atoms with E-state index in [1.807, 2.05) is 25.1 Å². The second-order valence-electron chi connectivity index (χ2n) is 7.39. The van der Waals surface area contributed by atoms with E-state index < -0.39 is 5.66 Å². The third kappa shape index (κ3) is 4.38. The van der Waals surface area contributed by atoms with Crippen molar-refractivity contribution >= 4 is 34.1 Å². The molecule has 1 unspecified atom stereocenters. The summed E-state index contributed by atoms with van der Waals surface area (Å²) in [5.74, 6) is -0.626. The molecule has 0 aromatic heterocycles. The zero-order valence-corrected chi connectivity index (χ0v) is 16.8. The highest BCUT2D eigenvalue weighted by atomic mass is 16.5. The normalized spacial score (nSPS) is 17.5. The Balaban J connectivity index is 1.85. The van der Waals surface area contributed by atoms with E-state index in [-0.39, 0.29) is 25.2 Å². The van der Waals surface area contributed by atoms with Gasteiger partial charge in [0.15, 0.2) is 5.66 Å². The summed E-state index contributed by atoms with van der Waals surface area (Å²) in [4.78, 5) is 23.6. The Bertz CT molecular complexity index is 880. The molecule has 6 heteroatoms. The minimum absolute atomic E-state index is 0.0364. The Hall–Kier alpha value is -2.76. The van der Waals surface area contributed by atoms with Crippen LogP contribution >= 0.6 is 0 Å². The number of carbonyl (C=O) groups excluding carboxylic acids is 2. The lowest BCUT2D eigenvalue weighted by atomic mass is 9.97. The number of nitrogens with one attached hydrogen (secondary N) is 2. The molecule has 0 aliphatic carbocycles. The molecular weight excluding hydrogens is 356 g/mol. The lowest BCUT2D eigenvalue weighted by Gasteiger charge is -2.40. The van der Waals surface area contributed by atoms with Crippen molar-refractivity contribution in [3.63, 3.8) is 0 Å². The minimum Gasteiger partial charge on any atom is -0.461 e. The molecule has 1 heterocycles. The Morgan fingerprint density at radius 2 is 1.82 bits per heavy atom. The van der Waals surface area contributed by atoms with Crippen LogP contribution in [-0.2, 0) is 19.1 Å². The summed E-state index contributed by atoms with van der Waals surface area (Å²) < 4.78 is 10.9. The summed E-state index contributed by atoms with van der Waals surface area (Å²) >= 11 is 0. The van der Waals surface area contributed by atoms with Gasteiger partial charge in [0.05, 0.1) is 0 Å². The van der Waals surface area contributed by atoms with Crippen LogP contribution in [0.3, 0.4) is 0 Å². The summed E-state index contributed by atoms with van der Waals surface area (Å²) in [6, 6.07) is 10.1. The SMILES string of the molecule is CCCCCC(=O)OCC1(COC(C)=O)Nc2cccc3ccc(C)c(c23)N1. The topological polar surface area (TPSA) is 76.7 Å². The molecule has 2 N–H and O–H groups in total. The zero-order valence-electron chi connectivity index (χ0n) is 16.8. The van der Waals surface area contributed by atoms with Crippen LogP contribution in [0.5, 0.6) is 0 Å². The molecule has 150 valence electrons. The van der Waals surface area contributed by atoms with Gasteiger partial charge in [-0.3, -0.25) is 9.59 Å². The van der Waals surface area contributed by atoms with Gasteiger partial charge in [-0.05, 0) is 30.4 Å². The summed E-state index contributed by atoms with van der Waals surface area (Å²) in [6.45, 7) is 5.57. The number of unbranched alkanes of at least 4 members (excludes halogenated alkanes) is 2. The number of esters is 2. The van der Waals surface area contributed by atoms with Crippen LogP contribution in [0.1, 0.15) is 45.1 Å². The van der Waals surface area contributed by atoms with Crippen LogP contribution in [0.4, 0.5) is 11.4 Å². The third-order valence-corrected chi connectivity index (χ3v) is 4.98. The number of carbonyl (C=O) groups is 2. The van der Waals surface area contributed by atoms with Gasteiger partial charge in [0.1, 0.15) is 13.2 Å². The first-order valence-electron chi connectivity index (χ1n) is 9.82. The Morgan fingerprint density at radius 1 is 1.04 bits per heavy atom. The van der Waals surface area contributed by atoms with Crippen LogP contribution in [0.25, 0.3) is 10.8 Å². The first kappa shape index (κ1) is 20.0. The summed E-state index contributed by atoms with van der Waals surface area (Å²) in [5, 5.41) is 9.06. The van der Waals surface area contributed by atoms with Crippen molar-refractivity contribution in [2.24, 2.45) is 0 Å². The number of rotatable bonds is 8. The van der Waals surface area contributed by atoms with Crippen molar-refractivity contribution in [2.75, 3.05) is 23.8 Å². The summed E-state index contributed by atoms with van der Waals surface area (Å²) in [6.07, 6.45) is 3.25. The molecule has 0 fully saturated rings. The maximum absolute atomic E-state index is 12.2. The number of hydrogen-bond donors (Lipinski definition) is 2. The number of ether oxygens (including phenoxy) is 2. The van der Waals surface area contributed by atoms with E-state index in [2.05, 4.69) is 29.7 Å². The van der Waals surface area contributed by atoms with E-state index in [0.29, 0.717) is 6.42 Å². The number of hydrogen-bond acceptors (Lipinski definition) is 6. The van der Waals surface area contributed by atoms with Crippen molar-refractivity contribution in [3.05, 3.63) is 35.9 Å². The van der Waals surface area contributed by atoms with E-state index in [1.165, 1.54) is 6.92 Å². The maximum atomic E-state index is 12.2. The van der Waals surface area contributed by atoms with Crippen molar-refractivity contribution in [3.8, 4) is 0 Å². The quantitative estimate of drug-likeness (QED) is 0.520. The Labute approximate surface area is 165 Å². The van der Waals surface area contributed by atoms with Gasteiger partial charge in [0.2, 0.25) is 0 Å². The average molecular weight is 384 g/mol. The van der Waals surface area contributed by atoms with E-state index in [4.69, 9.17) is 9.47 Å². The standard InChI is InChI=1S/C22H28N2O4/c1-4-5-6-10-19(26)28-14-22(13-27-16(3)25)23-18-9-7-8-17-12-11-15(2)21(24-22)20(17)18/h7-9,11-12,23-24H,4-6,10,13-14H2,1-3H3. The third-order valence-electron chi connectivity index (χ3n) is 4.98. The molecule has 0 saturated heterocycles. The number of benzene rings is 2. The van der Waals surface area contributed by atoms with Gasteiger partial charge < -0.3 is 20.1 Å². The predicted molar refractivity (Wildman–Crippen MR) is 110 cm³/mol. The largest absolute Gasteiger partial charge is 0.461 e. The second-order valence-corrected chi connectivity index (χ2v) is 7.39. The highest BCUT2D eigenvalue weighted by Crippen LogP contribution is 2.40. The van der Waals surface area contributed by atoms with Crippen LogP contribution < -0.4 is 10.6 Å². The molecular formula is C22H28N2O4. The van der Waals surface area contributed by atoms with Gasteiger partial charge >= 0.3 is 11.9 Å². The highest BCUT2D eigenvalue weighted by molar-refractivity contribution is 6.06. The van der Waals surface area contributed by atoms with Crippen molar-refractivity contribution in [2.45, 2.75) is 52.1 Å². The van der Waals surface area contributed by atoms with E-state index >= 15 is 0 Å². The van der Waals surface area contributed by atoms with E-state index in [9.17, 15) is 9.59 Å². The van der Waals surface area contributed by atoms with Gasteiger partial charge in [-0.1, -0.05) is 44.0 Å². The Morgan fingerprint density at radius 3 is 2.57 bits per heavy atom. The maximum Gasteiger partial charge on any atom is 0.305 e. The smallest absolute Gasteiger partial charge is 0.305 e. The molecule has 1 aliphatic heterocycles. The van der Waals surface area contributed by atoms with Gasteiger partial charge in [-0.2, -0.15) is 0 Å². The van der Waals surface area contributed by atoms with Crippen molar-refractivity contribution < 1.29 is 19.1 Å². The molecule has 0 spiro atoms. The first-order valence-corrected chi connectivity index (χ1v) is 9.82. The summed E-state index contributed by atoms with van der Waals surface area (Å²) in [7, 11) is 0. The highest BCUT2D eigenvalue weighted by Gasteiger charge is 2.38. The molecule has 0 radical (unpaired) electrons. The van der Waals surface area contributed by atoms with Crippen LogP contribution in [0.2, 0.25) is 0 Å². The number of anilines is 2. The lowest BCUT2D eigenvalue weighted by Crippen LogP contribution is -2.56. The first-order chi connectivity index (χ1) is 13.4. The van der Waals surface area contributed by atoms with E-state index in [0.717, 1.165) is 47.0 Å². The molecule has 3 rings (SSSR count). The van der Waals surface area contributed by atoms with Gasteiger partial charge in [-0.15, -0.1) is 0 Å². The lowest BCUT2D eigenvalue weighted by molar-refractivity contribution is -0.147. The fraction of sp³-hybridized carbons (Fsp3) is 0.455. The Kier molecular flexibility index (Phi) is 6.07. The van der Waals surface area contributed by atoms with E-state index in [1.54, 1.807) is 0 Å². The zero-order chi connectivity index (χ0) is 20.1. The molecule has 0 bridgehead atoms. The minimum atomic E-state index is -0.917. The van der Waals surface area contributed by atoms with Gasteiger partial charge in [-0.25, -0.2) is 0 Å². The molecule has 1 aliphatic rings. The number of aryl methyl sites for hydroxylation is 1. The van der Waals surface area contributed by atoms with Crippen LogP contribution in [-0.4, -0.2) is 30.8 Å². The molecule has 28 heavy (non-hydrogen) atoms. The molecule has 2 aromatic rings.